The van der Waals surface area contributed by atoms with Gasteiger partial charge in [-0.3, -0.25) is 4.98 Å². The third-order valence-electron chi connectivity index (χ3n) is 4.80. The molecule has 2 atom stereocenters. The molecule has 2 aromatic rings. The second-order valence-electron chi connectivity index (χ2n) is 6.21. The Bertz CT molecular complexity index is 707. The maximum atomic E-state index is 5.62. The second kappa shape index (κ2) is 6.32. The van der Waals surface area contributed by atoms with Crippen LogP contribution in [0.15, 0.2) is 30.5 Å². The van der Waals surface area contributed by atoms with Crippen molar-refractivity contribution in [1.82, 2.24) is 19.8 Å². The Morgan fingerprint density at radius 1 is 1.30 bits per heavy atom. The predicted octanol–water partition coefficient (Wildman–Crippen LogP) is 3.42. The van der Waals surface area contributed by atoms with Crippen LogP contribution < -0.4 is 5.32 Å². The smallest absolute Gasteiger partial charge is 0.170 e. The van der Waals surface area contributed by atoms with E-state index in [2.05, 4.69) is 59.7 Å². The standard InChI is InChI=1S/C18H24N4S/c1-5-10-22-17(14-11-12(2)21(4)13(14)3)16(20-18(22)23)15-8-6-7-9-19-15/h6-9,11,16-17H,5,10H2,1-4H3,(H,20,23)/t16-,17+/m1/s1. The molecule has 4 nitrogen and oxygen atoms in total. The van der Waals surface area contributed by atoms with Gasteiger partial charge in [-0.05, 0) is 56.2 Å². The van der Waals surface area contributed by atoms with Crippen LogP contribution in [0.4, 0.5) is 0 Å². The molecular formula is C18H24N4S. The fraction of sp³-hybridized carbons (Fsp3) is 0.444. The molecule has 2 aromatic heterocycles. The van der Waals surface area contributed by atoms with Crippen LogP contribution in [0.2, 0.25) is 0 Å². The number of hydrogen-bond acceptors (Lipinski definition) is 2. The molecule has 0 amide bonds. The van der Waals surface area contributed by atoms with Crippen LogP contribution in [-0.4, -0.2) is 26.1 Å². The fourth-order valence-corrected chi connectivity index (χ4v) is 3.74. The number of aryl methyl sites for hydroxylation is 1. The van der Waals surface area contributed by atoms with E-state index in [0.29, 0.717) is 0 Å². The molecule has 3 rings (SSSR count). The van der Waals surface area contributed by atoms with Crippen molar-refractivity contribution in [2.45, 2.75) is 39.3 Å². The molecule has 3 heterocycles. The molecule has 1 fully saturated rings. The van der Waals surface area contributed by atoms with E-state index in [4.69, 9.17) is 12.2 Å². The van der Waals surface area contributed by atoms with E-state index in [9.17, 15) is 0 Å². The summed E-state index contributed by atoms with van der Waals surface area (Å²) < 4.78 is 2.25. The highest BCUT2D eigenvalue weighted by Crippen LogP contribution is 2.40. The third-order valence-corrected chi connectivity index (χ3v) is 5.15. The lowest BCUT2D eigenvalue weighted by atomic mass is 9.96. The van der Waals surface area contributed by atoms with Gasteiger partial charge in [0.25, 0.3) is 0 Å². The lowest BCUT2D eigenvalue weighted by Crippen LogP contribution is -2.30. The van der Waals surface area contributed by atoms with Crippen LogP contribution in [0.25, 0.3) is 0 Å². The van der Waals surface area contributed by atoms with E-state index >= 15 is 0 Å². The fourth-order valence-electron chi connectivity index (χ4n) is 3.41. The number of aromatic nitrogens is 2. The molecular weight excluding hydrogens is 304 g/mol. The Morgan fingerprint density at radius 3 is 2.65 bits per heavy atom. The Hall–Kier alpha value is -1.88. The highest BCUT2D eigenvalue weighted by molar-refractivity contribution is 7.80. The van der Waals surface area contributed by atoms with Gasteiger partial charge < -0.3 is 14.8 Å². The first-order valence-corrected chi connectivity index (χ1v) is 8.56. The second-order valence-corrected chi connectivity index (χ2v) is 6.59. The van der Waals surface area contributed by atoms with Crippen molar-refractivity contribution >= 4 is 17.3 Å². The molecule has 0 spiro atoms. The van der Waals surface area contributed by atoms with Crippen LogP contribution in [0, 0.1) is 13.8 Å². The summed E-state index contributed by atoms with van der Waals surface area (Å²) in [6.07, 6.45) is 2.92. The molecule has 0 radical (unpaired) electrons. The average molecular weight is 328 g/mol. The number of nitrogens with one attached hydrogen (secondary N) is 1. The number of thiocarbonyl (C=S) groups is 1. The Kier molecular flexibility index (Phi) is 4.39. The largest absolute Gasteiger partial charge is 0.352 e. The third kappa shape index (κ3) is 2.74. The zero-order valence-electron chi connectivity index (χ0n) is 14.2. The van der Waals surface area contributed by atoms with Gasteiger partial charge >= 0.3 is 0 Å². The SMILES string of the molecule is CCCN1C(=S)N[C@H](c2ccccn2)[C@@H]1c1cc(C)n(C)c1C. The van der Waals surface area contributed by atoms with Crippen molar-refractivity contribution in [2.75, 3.05) is 6.54 Å². The average Bonchev–Trinajstić information content (AvgIpc) is 3.01. The first kappa shape index (κ1) is 16.0. The van der Waals surface area contributed by atoms with Gasteiger partial charge in [-0.25, -0.2) is 0 Å². The minimum atomic E-state index is 0.0933. The molecule has 122 valence electrons. The summed E-state index contributed by atoms with van der Waals surface area (Å²) in [6, 6.07) is 8.64. The molecule has 0 aliphatic carbocycles. The molecule has 0 saturated carbocycles. The molecule has 5 heteroatoms. The van der Waals surface area contributed by atoms with Crippen molar-refractivity contribution in [3.8, 4) is 0 Å². The van der Waals surface area contributed by atoms with Crippen LogP contribution in [0.5, 0.6) is 0 Å². The van der Waals surface area contributed by atoms with Gasteiger partial charge in [-0.15, -0.1) is 0 Å². The molecule has 1 saturated heterocycles. The highest BCUT2D eigenvalue weighted by atomic mass is 32.1. The van der Waals surface area contributed by atoms with Gasteiger partial charge in [-0.2, -0.15) is 0 Å². The highest BCUT2D eigenvalue weighted by Gasteiger charge is 2.40. The zero-order valence-corrected chi connectivity index (χ0v) is 15.0. The van der Waals surface area contributed by atoms with Crippen molar-refractivity contribution < 1.29 is 0 Å². The summed E-state index contributed by atoms with van der Waals surface area (Å²) in [5.41, 5.74) is 4.94. The molecule has 0 unspecified atom stereocenters. The quantitative estimate of drug-likeness (QED) is 0.872. The Morgan fingerprint density at radius 2 is 2.09 bits per heavy atom. The Balaban J connectivity index is 2.09. The number of nitrogens with zero attached hydrogens (tertiary/aromatic N) is 3. The number of pyridine rings is 1. The predicted molar refractivity (Wildman–Crippen MR) is 97.3 cm³/mol. The summed E-state index contributed by atoms with van der Waals surface area (Å²) in [4.78, 5) is 6.88. The first-order valence-electron chi connectivity index (χ1n) is 8.15. The van der Waals surface area contributed by atoms with Gasteiger partial charge in [0.1, 0.15) is 0 Å². The van der Waals surface area contributed by atoms with Crippen LogP contribution in [-0.2, 0) is 7.05 Å². The minimum absolute atomic E-state index is 0.0933. The molecule has 0 bridgehead atoms. The summed E-state index contributed by atoms with van der Waals surface area (Å²) in [5.74, 6) is 0. The van der Waals surface area contributed by atoms with Crippen molar-refractivity contribution in [3.63, 3.8) is 0 Å². The zero-order chi connectivity index (χ0) is 16.6. The molecule has 0 aromatic carbocycles. The molecule has 1 N–H and O–H groups in total. The monoisotopic (exact) mass is 328 g/mol. The molecule has 1 aliphatic heterocycles. The molecule has 1 aliphatic rings. The van der Waals surface area contributed by atoms with E-state index in [0.717, 1.165) is 23.8 Å². The van der Waals surface area contributed by atoms with Crippen molar-refractivity contribution in [1.29, 1.82) is 0 Å². The summed E-state index contributed by atoms with van der Waals surface area (Å²) in [5, 5.41) is 4.32. The minimum Gasteiger partial charge on any atom is -0.352 e. The van der Waals surface area contributed by atoms with Crippen LogP contribution >= 0.6 is 12.2 Å². The van der Waals surface area contributed by atoms with Gasteiger partial charge in [0.15, 0.2) is 5.11 Å². The van der Waals surface area contributed by atoms with Crippen molar-refractivity contribution in [3.05, 3.63) is 53.1 Å². The van der Waals surface area contributed by atoms with Crippen LogP contribution in [0.1, 0.15) is 48.1 Å². The number of hydrogen-bond donors (Lipinski definition) is 1. The Labute approximate surface area is 143 Å². The van der Waals surface area contributed by atoms with Gasteiger partial charge in [-0.1, -0.05) is 13.0 Å². The van der Waals surface area contributed by atoms with Gasteiger partial charge in [0, 0.05) is 31.2 Å². The van der Waals surface area contributed by atoms with E-state index in [-0.39, 0.29) is 12.1 Å². The molecule has 23 heavy (non-hydrogen) atoms. The number of rotatable bonds is 4. The first-order chi connectivity index (χ1) is 11.0. The lowest BCUT2D eigenvalue weighted by molar-refractivity contribution is 0.316. The van der Waals surface area contributed by atoms with E-state index in [1.165, 1.54) is 17.0 Å². The van der Waals surface area contributed by atoms with Crippen LogP contribution in [0.3, 0.4) is 0 Å². The van der Waals surface area contributed by atoms with Gasteiger partial charge in [0.2, 0.25) is 0 Å². The normalized spacial score (nSPS) is 20.9. The van der Waals surface area contributed by atoms with Crippen molar-refractivity contribution in [2.24, 2.45) is 7.05 Å². The topological polar surface area (TPSA) is 33.1 Å². The van der Waals surface area contributed by atoms with E-state index < -0.39 is 0 Å². The summed E-state index contributed by atoms with van der Waals surface area (Å²) in [6.45, 7) is 7.48. The maximum Gasteiger partial charge on any atom is 0.170 e. The summed E-state index contributed by atoms with van der Waals surface area (Å²) >= 11 is 5.62. The maximum absolute atomic E-state index is 5.62. The lowest BCUT2D eigenvalue weighted by Gasteiger charge is -2.27. The summed E-state index contributed by atoms with van der Waals surface area (Å²) in [7, 11) is 2.12. The van der Waals surface area contributed by atoms with E-state index in [1.54, 1.807) is 0 Å². The van der Waals surface area contributed by atoms with Gasteiger partial charge in [0.05, 0.1) is 17.8 Å². The van der Waals surface area contributed by atoms with E-state index in [1.807, 2.05) is 18.3 Å².